The molecule has 1 heterocycles. The number of nitriles is 1. The van der Waals surface area contributed by atoms with Crippen LogP contribution in [-0.4, -0.2) is 32.1 Å². The normalized spacial score (nSPS) is 14.5. The highest BCUT2D eigenvalue weighted by molar-refractivity contribution is 6.07. The first-order valence-corrected chi connectivity index (χ1v) is 8.02. The van der Waals surface area contributed by atoms with Crippen LogP contribution < -0.4 is 4.90 Å². The van der Waals surface area contributed by atoms with E-state index < -0.39 is 5.82 Å². The Morgan fingerprint density at radius 1 is 1.16 bits per heavy atom. The summed E-state index contributed by atoms with van der Waals surface area (Å²) in [6, 6.07) is 13.5. The summed E-state index contributed by atoms with van der Waals surface area (Å²) in [7, 11) is 0. The Morgan fingerprint density at radius 2 is 1.88 bits per heavy atom. The van der Waals surface area contributed by atoms with Crippen molar-refractivity contribution in [1.29, 1.82) is 5.26 Å². The van der Waals surface area contributed by atoms with Crippen LogP contribution in [0.4, 0.5) is 10.1 Å². The molecular formula is C20H17FN2O2. The van der Waals surface area contributed by atoms with Gasteiger partial charge in [-0.25, -0.2) is 4.39 Å². The molecule has 2 aromatic rings. The number of halogens is 1. The van der Waals surface area contributed by atoms with Gasteiger partial charge in [-0.2, -0.15) is 5.26 Å². The monoisotopic (exact) mass is 336 g/mol. The maximum atomic E-state index is 14.4. The zero-order valence-corrected chi connectivity index (χ0v) is 13.6. The molecule has 1 aliphatic heterocycles. The fraction of sp³-hybridized carbons (Fsp3) is 0.200. The number of nitrogens with zero attached hydrogens (tertiary/aromatic N) is 2. The number of morpholine rings is 1. The number of rotatable bonds is 4. The number of carbonyl (C=O) groups is 1. The van der Waals surface area contributed by atoms with E-state index in [1.165, 1.54) is 12.1 Å². The third kappa shape index (κ3) is 4.11. The highest BCUT2D eigenvalue weighted by atomic mass is 19.1. The smallest absolute Gasteiger partial charge is 0.185 e. The van der Waals surface area contributed by atoms with Crippen molar-refractivity contribution in [3.63, 3.8) is 0 Å². The number of ketones is 1. The summed E-state index contributed by atoms with van der Waals surface area (Å²) in [5.74, 6) is -0.670. The zero-order chi connectivity index (χ0) is 17.6. The van der Waals surface area contributed by atoms with Gasteiger partial charge >= 0.3 is 0 Å². The Hall–Kier alpha value is -2.97. The molecule has 0 saturated carbocycles. The molecule has 25 heavy (non-hydrogen) atoms. The second kappa shape index (κ2) is 7.73. The fourth-order valence-electron chi connectivity index (χ4n) is 2.66. The lowest BCUT2D eigenvalue weighted by Gasteiger charge is -2.29. The van der Waals surface area contributed by atoms with Crippen molar-refractivity contribution < 1.29 is 13.9 Å². The fourth-order valence-corrected chi connectivity index (χ4v) is 2.66. The van der Waals surface area contributed by atoms with Crippen LogP contribution in [-0.2, 0) is 4.74 Å². The molecule has 0 atom stereocenters. The lowest BCUT2D eigenvalue weighted by molar-refractivity contribution is 0.104. The first kappa shape index (κ1) is 16.9. The summed E-state index contributed by atoms with van der Waals surface area (Å²) >= 11 is 0. The van der Waals surface area contributed by atoms with Gasteiger partial charge in [-0.1, -0.05) is 18.2 Å². The van der Waals surface area contributed by atoms with E-state index in [2.05, 4.69) is 0 Å². The number of hydrogen-bond acceptors (Lipinski definition) is 4. The molecule has 1 aliphatic rings. The predicted octanol–water partition coefficient (Wildman–Crippen LogP) is 3.43. The maximum Gasteiger partial charge on any atom is 0.185 e. The van der Waals surface area contributed by atoms with Gasteiger partial charge in [0.2, 0.25) is 0 Å². The third-order valence-electron chi connectivity index (χ3n) is 4.05. The van der Waals surface area contributed by atoms with Crippen LogP contribution in [0.25, 0.3) is 6.08 Å². The van der Waals surface area contributed by atoms with Gasteiger partial charge in [0.1, 0.15) is 5.82 Å². The predicted molar refractivity (Wildman–Crippen MR) is 94.0 cm³/mol. The van der Waals surface area contributed by atoms with Crippen molar-refractivity contribution in [2.24, 2.45) is 0 Å². The molecule has 0 N–H and O–H groups in total. The van der Waals surface area contributed by atoms with Crippen LogP contribution in [0.5, 0.6) is 0 Å². The van der Waals surface area contributed by atoms with Gasteiger partial charge in [0.05, 0.1) is 30.5 Å². The second-order valence-corrected chi connectivity index (χ2v) is 5.70. The van der Waals surface area contributed by atoms with Crippen molar-refractivity contribution >= 4 is 17.5 Å². The molecule has 2 aromatic carbocycles. The van der Waals surface area contributed by atoms with E-state index >= 15 is 0 Å². The summed E-state index contributed by atoms with van der Waals surface area (Å²) in [4.78, 5) is 14.2. The number of anilines is 1. The minimum Gasteiger partial charge on any atom is -0.378 e. The molecule has 0 bridgehead atoms. The number of allylic oxidation sites excluding steroid dienone is 1. The first-order chi connectivity index (χ1) is 12.2. The standard InChI is InChI=1S/C20H17FN2O2/c21-18-13-17(6-7-19(18)23-9-11-25-12-10-23)20(24)8-5-15-1-3-16(14-22)4-2-15/h1-8,13H,9-12H2. The van der Waals surface area contributed by atoms with Crippen molar-refractivity contribution in [2.75, 3.05) is 31.2 Å². The molecule has 0 unspecified atom stereocenters. The van der Waals surface area contributed by atoms with Crippen LogP contribution in [0.2, 0.25) is 0 Å². The third-order valence-corrected chi connectivity index (χ3v) is 4.05. The SMILES string of the molecule is N#Cc1ccc(C=CC(=O)c2ccc(N3CCOCC3)c(F)c2)cc1. The number of ether oxygens (including phenoxy) is 1. The number of hydrogen-bond donors (Lipinski definition) is 0. The zero-order valence-electron chi connectivity index (χ0n) is 13.6. The molecule has 3 rings (SSSR count). The van der Waals surface area contributed by atoms with Crippen molar-refractivity contribution in [2.45, 2.75) is 0 Å². The molecule has 0 radical (unpaired) electrons. The van der Waals surface area contributed by atoms with Gasteiger partial charge in [0, 0.05) is 18.7 Å². The Kier molecular flexibility index (Phi) is 5.22. The number of carbonyl (C=O) groups excluding carboxylic acids is 1. The largest absolute Gasteiger partial charge is 0.378 e. The maximum absolute atomic E-state index is 14.4. The van der Waals surface area contributed by atoms with Crippen LogP contribution >= 0.6 is 0 Å². The van der Waals surface area contributed by atoms with Crippen molar-refractivity contribution in [1.82, 2.24) is 0 Å². The average Bonchev–Trinajstić information content (AvgIpc) is 2.67. The highest BCUT2D eigenvalue weighted by Crippen LogP contribution is 2.22. The Labute approximate surface area is 145 Å². The molecule has 1 saturated heterocycles. The molecule has 126 valence electrons. The van der Waals surface area contributed by atoms with Gasteiger partial charge in [-0.15, -0.1) is 0 Å². The minimum absolute atomic E-state index is 0.267. The summed E-state index contributed by atoms with van der Waals surface area (Å²) < 4.78 is 19.6. The van der Waals surface area contributed by atoms with Crippen LogP contribution in [0.1, 0.15) is 21.5 Å². The molecular weight excluding hydrogens is 319 g/mol. The van der Waals surface area contributed by atoms with Crippen molar-refractivity contribution in [3.8, 4) is 6.07 Å². The van der Waals surface area contributed by atoms with Crippen LogP contribution in [0.3, 0.4) is 0 Å². The van der Waals surface area contributed by atoms with Gasteiger partial charge in [0.15, 0.2) is 5.78 Å². The lowest BCUT2D eigenvalue weighted by Crippen LogP contribution is -2.36. The van der Waals surface area contributed by atoms with E-state index in [9.17, 15) is 9.18 Å². The molecule has 0 aliphatic carbocycles. The van der Waals surface area contributed by atoms with E-state index in [1.807, 2.05) is 11.0 Å². The van der Waals surface area contributed by atoms with Crippen LogP contribution in [0.15, 0.2) is 48.5 Å². The molecule has 0 spiro atoms. The van der Waals surface area contributed by atoms with E-state index in [0.717, 1.165) is 5.56 Å². The lowest BCUT2D eigenvalue weighted by atomic mass is 10.1. The summed E-state index contributed by atoms with van der Waals surface area (Å²) in [6.07, 6.45) is 3.06. The van der Waals surface area contributed by atoms with E-state index in [4.69, 9.17) is 10.00 Å². The Bertz CT molecular complexity index is 832. The van der Waals surface area contributed by atoms with Gasteiger partial charge in [0.25, 0.3) is 0 Å². The molecule has 0 amide bonds. The van der Waals surface area contributed by atoms with Crippen LogP contribution in [0, 0.1) is 17.1 Å². The minimum atomic E-state index is -0.403. The highest BCUT2D eigenvalue weighted by Gasteiger charge is 2.16. The van der Waals surface area contributed by atoms with Crippen molar-refractivity contribution in [3.05, 3.63) is 71.0 Å². The first-order valence-electron chi connectivity index (χ1n) is 8.02. The van der Waals surface area contributed by atoms with E-state index in [1.54, 1.807) is 42.5 Å². The second-order valence-electron chi connectivity index (χ2n) is 5.70. The number of benzene rings is 2. The quantitative estimate of drug-likeness (QED) is 0.634. The molecule has 1 fully saturated rings. The van der Waals surface area contributed by atoms with Gasteiger partial charge in [-0.3, -0.25) is 4.79 Å². The van der Waals surface area contributed by atoms with Gasteiger partial charge in [-0.05, 0) is 42.0 Å². The summed E-state index contributed by atoms with van der Waals surface area (Å²) in [6.45, 7) is 2.44. The van der Waals surface area contributed by atoms with E-state index in [-0.39, 0.29) is 5.78 Å². The molecule has 5 heteroatoms. The summed E-state index contributed by atoms with van der Waals surface area (Å²) in [5.41, 5.74) is 2.16. The topological polar surface area (TPSA) is 53.3 Å². The Balaban J connectivity index is 1.72. The van der Waals surface area contributed by atoms with Gasteiger partial charge < -0.3 is 9.64 Å². The Morgan fingerprint density at radius 3 is 2.52 bits per heavy atom. The molecule has 0 aromatic heterocycles. The van der Waals surface area contributed by atoms with E-state index in [0.29, 0.717) is 43.1 Å². The molecule has 4 nitrogen and oxygen atoms in total. The average molecular weight is 336 g/mol. The summed E-state index contributed by atoms with van der Waals surface area (Å²) in [5, 5.41) is 8.77.